The Balaban J connectivity index is 2.08. The summed E-state index contributed by atoms with van der Waals surface area (Å²) >= 11 is 0. The van der Waals surface area contributed by atoms with E-state index in [4.69, 9.17) is 24.7 Å². The quantitative estimate of drug-likeness (QED) is 0.410. The Morgan fingerprint density at radius 2 is 2.05 bits per heavy atom. The summed E-state index contributed by atoms with van der Waals surface area (Å²) < 4.78 is 25.1. The molecule has 1 fully saturated rings. The van der Waals surface area contributed by atoms with Crippen LogP contribution in [0.1, 0.15) is 22.2 Å². The van der Waals surface area contributed by atoms with Crippen molar-refractivity contribution in [1.82, 2.24) is 0 Å². The van der Waals surface area contributed by atoms with Crippen molar-refractivity contribution in [3.63, 3.8) is 0 Å². The minimum Gasteiger partial charge on any atom is -0.466 e. The molecule has 0 radical (unpaired) electrons. The van der Waals surface area contributed by atoms with E-state index in [9.17, 15) is 19.6 Å². The molecule has 11 heteroatoms. The largest absolute Gasteiger partial charge is 0.469 e. The van der Waals surface area contributed by atoms with Gasteiger partial charge in [0.15, 0.2) is 0 Å². The Labute approximate surface area is 118 Å². The molecule has 0 saturated carbocycles. The molecule has 0 aliphatic carbocycles. The number of carbonyl (C=O) groups excluding carboxylic acids is 1. The number of phosphoric ester groups is 1. The van der Waals surface area contributed by atoms with E-state index in [1.165, 1.54) is 6.07 Å². The van der Waals surface area contributed by atoms with Crippen LogP contribution in [0.25, 0.3) is 0 Å². The molecule has 1 saturated heterocycles. The first-order chi connectivity index (χ1) is 9.69. The van der Waals surface area contributed by atoms with Crippen molar-refractivity contribution in [2.45, 2.75) is 24.4 Å². The van der Waals surface area contributed by atoms with E-state index in [-0.39, 0.29) is 11.3 Å². The first-order valence-corrected chi connectivity index (χ1v) is 7.32. The van der Waals surface area contributed by atoms with E-state index >= 15 is 0 Å². The van der Waals surface area contributed by atoms with E-state index in [2.05, 4.69) is 4.52 Å². The molecule has 1 aromatic heterocycles. The highest BCUT2D eigenvalue weighted by molar-refractivity contribution is 7.46. The van der Waals surface area contributed by atoms with Crippen LogP contribution >= 0.6 is 7.82 Å². The van der Waals surface area contributed by atoms with Crippen LogP contribution in [0, 0.1) is 0 Å². The number of nitrogens with two attached hydrogens (primary N) is 1. The smallest absolute Gasteiger partial charge is 0.466 e. The second-order valence-corrected chi connectivity index (χ2v) is 5.70. The normalized spacial score (nSPS) is 29.7. The summed E-state index contributed by atoms with van der Waals surface area (Å²) in [4.78, 5) is 28.1. The first kappa shape index (κ1) is 16.1. The summed E-state index contributed by atoms with van der Waals surface area (Å²) in [5.74, 6) is -0.687. The zero-order valence-corrected chi connectivity index (χ0v) is 11.4. The van der Waals surface area contributed by atoms with Gasteiger partial charge in [-0.2, -0.15) is 0 Å². The average Bonchev–Trinajstić information content (AvgIpc) is 2.94. The molecule has 0 spiro atoms. The Kier molecular flexibility index (Phi) is 4.49. The summed E-state index contributed by atoms with van der Waals surface area (Å²) in [6.07, 6.45) is -4.07. The lowest BCUT2D eigenvalue weighted by atomic mass is 10.1. The highest BCUT2D eigenvalue weighted by Crippen LogP contribution is 2.39. The number of aliphatic hydroxyl groups is 2. The monoisotopic (exact) mass is 323 g/mol. The van der Waals surface area contributed by atoms with Crippen LogP contribution in [0.5, 0.6) is 0 Å². The van der Waals surface area contributed by atoms with Crippen LogP contribution in [0.15, 0.2) is 16.7 Å². The Hall–Kier alpha value is -1.26. The van der Waals surface area contributed by atoms with Crippen molar-refractivity contribution in [2.24, 2.45) is 5.73 Å². The predicted molar refractivity (Wildman–Crippen MR) is 64.8 cm³/mol. The summed E-state index contributed by atoms with van der Waals surface area (Å²) in [6, 6.07) is 1.25. The number of rotatable bonds is 5. The van der Waals surface area contributed by atoms with Crippen LogP contribution in [0.2, 0.25) is 0 Å². The fraction of sp³-hybridized carbons (Fsp3) is 0.500. The maximum absolute atomic E-state index is 11.0. The number of furan rings is 1. The molecule has 0 unspecified atom stereocenters. The minimum atomic E-state index is -4.72. The molecule has 0 aromatic carbocycles. The van der Waals surface area contributed by atoms with Crippen LogP contribution < -0.4 is 5.73 Å². The predicted octanol–water partition coefficient (Wildman–Crippen LogP) is -1.35. The van der Waals surface area contributed by atoms with E-state index < -0.39 is 44.8 Å². The zero-order chi connectivity index (χ0) is 15.8. The minimum absolute atomic E-state index is 0.0500. The summed E-state index contributed by atoms with van der Waals surface area (Å²) in [7, 11) is -4.72. The van der Waals surface area contributed by atoms with E-state index in [1.807, 2.05) is 0 Å². The third kappa shape index (κ3) is 3.69. The molecule has 1 aromatic rings. The van der Waals surface area contributed by atoms with E-state index in [1.54, 1.807) is 0 Å². The summed E-state index contributed by atoms with van der Waals surface area (Å²) in [5.41, 5.74) is 5.11. The Bertz CT molecular complexity index is 567. The lowest BCUT2D eigenvalue weighted by Crippen LogP contribution is -2.33. The van der Waals surface area contributed by atoms with Crippen LogP contribution in [-0.4, -0.2) is 50.8 Å². The highest BCUT2D eigenvalue weighted by atomic mass is 31.2. The molecule has 4 atom stereocenters. The summed E-state index contributed by atoms with van der Waals surface area (Å²) in [5, 5.41) is 19.6. The molecule has 6 N–H and O–H groups in total. The third-order valence-corrected chi connectivity index (χ3v) is 3.44. The molecular formula is C10H14NO9P. The number of ether oxygens (including phenoxy) is 1. The number of primary amides is 1. The number of hydrogen-bond donors (Lipinski definition) is 5. The maximum Gasteiger partial charge on any atom is 0.469 e. The number of amides is 1. The SMILES string of the molecule is NC(=O)c1coc([C@@H]2O[C@H](COP(=O)(O)O)[C@@H](O)[C@H]2O)c1. The van der Waals surface area contributed by atoms with Gasteiger partial charge < -0.3 is 34.9 Å². The molecular weight excluding hydrogens is 309 g/mol. The van der Waals surface area contributed by atoms with Crippen LogP contribution in [0.4, 0.5) is 0 Å². The molecule has 10 nitrogen and oxygen atoms in total. The van der Waals surface area contributed by atoms with Gasteiger partial charge in [0.1, 0.15) is 36.4 Å². The lowest BCUT2D eigenvalue weighted by molar-refractivity contribution is -0.0284. The first-order valence-electron chi connectivity index (χ1n) is 5.79. The third-order valence-electron chi connectivity index (χ3n) is 2.95. The van der Waals surface area contributed by atoms with Gasteiger partial charge in [-0.05, 0) is 6.07 Å². The van der Waals surface area contributed by atoms with Crippen molar-refractivity contribution in [3.05, 3.63) is 23.7 Å². The standard InChI is InChI=1S/C10H14NO9P/c11-10(14)4-1-5(18-2-4)9-8(13)7(12)6(20-9)3-19-21(15,16)17/h1-2,6-9,12-13H,3H2,(H2,11,14)(H2,15,16,17)/t6-,7-,8-,9+/m1/s1. The van der Waals surface area contributed by atoms with Gasteiger partial charge in [0.2, 0.25) is 0 Å². The molecule has 2 heterocycles. The molecule has 0 bridgehead atoms. The van der Waals surface area contributed by atoms with Crippen molar-refractivity contribution < 1.29 is 43.0 Å². The lowest BCUT2D eigenvalue weighted by Gasteiger charge is -2.14. The van der Waals surface area contributed by atoms with Gasteiger partial charge in [-0.25, -0.2) is 4.57 Å². The van der Waals surface area contributed by atoms with Gasteiger partial charge in [-0.3, -0.25) is 9.32 Å². The van der Waals surface area contributed by atoms with E-state index in [0.29, 0.717) is 0 Å². The summed E-state index contributed by atoms with van der Waals surface area (Å²) in [6.45, 7) is -0.623. The number of aliphatic hydroxyl groups excluding tert-OH is 2. The van der Waals surface area contributed by atoms with Crippen molar-refractivity contribution in [1.29, 1.82) is 0 Å². The van der Waals surface area contributed by atoms with Gasteiger partial charge in [0.05, 0.1) is 12.2 Å². The van der Waals surface area contributed by atoms with Crippen LogP contribution in [0.3, 0.4) is 0 Å². The molecule has 1 aliphatic rings. The van der Waals surface area contributed by atoms with Crippen LogP contribution in [-0.2, 0) is 13.8 Å². The average molecular weight is 323 g/mol. The molecule has 1 amide bonds. The molecule has 118 valence electrons. The maximum atomic E-state index is 11.0. The fourth-order valence-corrected chi connectivity index (χ4v) is 2.26. The van der Waals surface area contributed by atoms with Crippen molar-refractivity contribution in [3.8, 4) is 0 Å². The second-order valence-electron chi connectivity index (χ2n) is 4.46. The van der Waals surface area contributed by atoms with Gasteiger partial charge in [0.25, 0.3) is 5.91 Å². The topological polar surface area (TPSA) is 173 Å². The molecule has 2 rings (SSSR count). The van der Waals surface area contributed by atoms with E-state index in [0.717, 1.165) is 6.26 Å². The second kappa shape index (κ2) is 5.85. The molecule has 1 aliphatic heterocycles. The number of phosphoric acid groups is 1. The molecule has 21 heavy (non-hydrogen) atoms. The number of carbonyl (C=O) groups is 1. The van der Waals surface area contributed by atoms with Crippen molar-refractivity contribution >= 4 is 13.7 Å². The van der Waals surface area contributed by atoms with Gasteiger partial charge in [0, 0.05) is 0 Å². The zero-order valence-electron chi connectivity index (χ0n) is 10.5. The van der Waals surface area contributed by atoms with Gasteiger partial charge in [-0.1, -0.05) is 0 Å². The number of hydrogen-bond acceptors (Lipinski definition) is 7. The Morgan fingerprint density at radius 3 is 2.57 bits per heavy atom. The van der Waals surface area contributed by atoms with Gasteiger partial charge >= 0.3 is 7.82 Å². The van der Waals surface area contributed by atoms with Gasteiger partial charge in [-0.15, -0.1) is 0 Å². The fourth-order valence-electron chi connectivity index (χ4n) is 1.92. The highest BCUT2D eigenvalue weighted by Gasteiger charge is 2.45. The van der Waals surface area contributed by atoms with Crippen molar-refractivity contribution in [2.75, 3.05) is 6.61 Å². The Morgan fingerprint density at radius 1 is 1.38 bits per heavy atom.